The van der Waals surface area contributed by atoms with Crippen LogP contribution in [0.2, 0.25) is 5.02 Å². The second kappa shape index (κ2) is 5.59. The first-order chi connectivity index (χ1) is 8.65. The molecular formula is C13H17ClN2O2. The number of amides is 1. The quantitative estimate of drug-likeness (QED) is 0.833. The topological polar surface area (TPSA) is 55.6 Å². The van der Waals surface area contributed by atoms with Crippen molar-refractivity contribution in [2.45, 2.75) is 18.9 Å². The van der Waals surface area contributed by atoms with Gasteiger partial charge in [0.05, 0.1) is 22.9 Å². The van der Waals surface area contributed by atoms with Crippen molar-refractivity contribution >= 4 is 23.2 Å². The number of nitrogens with two attached hydrogens (primary N) is 1. The molecule has 0 radical (unpaired) electrons. The van der Waals surface area contributed by atoms with E-state index in [4.69, 9.17) is 22.1 Å². The van der Waals surface area contributed by atoms with Crippen LogP contribution >= 0.6 is 11.6 Å². The molecule has 1 saturated carbocycles. The van der Waals surface area contributed by atoms with Gasteiger partial charge in [0.1, 0.15) is 0 Å². The number of halogens is 1. The number of hydrogen-bond donors (Lipinski definition) is 1. The fourth-order valence-corrected chi connectivity index (χ4v) is 2.08. The molecule has 2 N–H and O–H groups in total. The minimum atomic E-state index is -0.0606. The molecule has 2 rings (SSSR count). The lowest BCUT2D eigenvalue weighted by Gasteiger charge is -2.23. The summed E-state index contributed by atoms with van der Waals surface area (Å²) in [4.78, 5) is 14.3. The third kappa shape index (κ3) is 2.76. The zero-order valence-corrected chi connectivity index (χ0v) is 11.1. The van der Waals surface area contributed by atoms with Gasteiger partial charge in [-0.25, -0.2) is 0 Å². The molecule has 5 heteroatoms. The molecule has 1 aromatic carbocycles. The Morgan fingerprint density at radius 3 is 2.89 bits per heavy atom. The second-order valence-corrected chi connectivity index (χ2v) is 4.83. The molecule has 1 fully saturated rings. The Kier molecular flexibility index (Phi) is 4.09. The predicted molar refractivity (Wildman–Crippen MR) is 71.8 cm³/mol. The maximum atomic E-state index is 12.4. The molecule has 98 valence electrons. The van der Waals surface area contributed by atoms with Crippen LogP contribution in [0, 0.1) is 0 Å². The van der Waals surface area contributed by atoms with Gasteiger partial charge in [0, 0.05) is 19.7 Å². The molecule has 0 saturated heterocycles. The molecule has 18 heavy (non-hydrogen) atoms. The van der Waals surface area contributed by atoms with Gasteiger partial charge >= 0.3 is 0 Å². The first-order valence-corrected chi connectivity index (χ1v) is 6.37. The highest BCUT2D eigenvalue weighted by atomic mass is 35.5. The van der Waals surface area contributed by atoms with Gasteiger partial charge in [-0.3, -0.25) is 4.79 Å². The Bertz CT molecular complexity index is 447. The Morgan fingerprint density at radius 1 is 1.56 bits per heavy atom. The summed E-state index contributed by atoms with van der Waals surface area (Å²) < 4.78 is 5.04. The van der Waals surface area contributed by atoms with Gasteiger partial charge in [-0.15, -0.1) is 0 Å². The zero-order valence-electron chi connectivity index (χ0n) is 10.4. The van der Waals surface area contributed by atoms with Gasteiger partial charge in [-0.1, -0.05) is 17.7 Å². The maximum absolute atomic E-state index is 12.4. The lowest BCUT2D eigenvalue weighted by atomic mass is 10.1. The highest BCUT2D eigenvalue weighted by Crippen LogP contribution is 2.30. The lowest BCUT2D eigenvalue weighted by Crippen LogP contribution is -2.36. The molecule has 0 heterocycles. The van der Waals surface area contributed by atoms with Crippen molar-refractivity contribution in [3.8, 4) is 0 Å². The van der Waals surface area contributed by atoms with Crippen molar-refractivity contribution < 1.29 is 9.53 Å². The molecule has 1 amide bonds. The SMILES string of the molecule is COCCN(C(=O)c1cccc(Cl)c1N)C1CC1. The summed E-state index contributed by atoms with van der Waals surface area (Å²) in [6.45, 7) is 1.12. The number of nitrogens with zero attached hydrogens (tertiary/aromatic N) is 1. The normalized spacial score (nSPS) is 14.6. The molecule has 0 bridgehead atoms. The number of anilines is 1. The molecule has 4 nitrogen and oxygen atoms in total. The zero-order chi connectivity index (χ0) is 13.1. The number of methoxy groups -OCH3 is 1. The number of carbonyl (C=O) groups is 1. The van der Waals surface area contributed by atoms with Crippen molar-refractivity contribution in [3.05, 3.63) is 28.8 Å². The van der Waals surface area contributed by atoms with Gasteiger partial charge in [-0.05, 0) is 25.0 Å². The summed E-state index contributed by atoms with van der Waals surface area (Å²) in [7, 11) is 1.63. The third-order valence-electron chi connectivity index (χ3n) is 3.07. The molecule has 0 spiro atoms. The van der Waals surface area contributed by atoms with Crippen LogP contribution in [0.1, 0.15) is 23.2 Å². The highest BCUT2D eigenvalue weighted by molar-refractivity contribution is 6.33. The van der Waals surface area contributed by atoms with Gasteiger partial charge in [0.2, 0.25) is 0 Å². The van der Waals surface area contributed by atoms with Crippen LogP contribution in [0.15, 0.2) is 18.2 Å². The average Bonchev–Trinajstić information content (AvgIpc) is 3.17. The van der Waals surface area contributed by atoms with Crippen LogP contribution in [-0.2, 0) is 4.74 Å². The summed E-state index contributed by atoms with van der Waals surface area (Å²) in [5.41, 5.74) is 6.69. The monoisotopic (exact) mass is 268 g/mol. The maximum Gasteiger partial charge on any atom is 0.256 e. The summed E-state index contributed by atoms with van der Waals surface area (Å²) >= 11 is 5.94. The number of hydrogen-bond acceptors (Lipinski definition) is 3. The van der Waals surface area contributed by atoms with E-state index in [2.05, 4.69) is 0 Å². The standard InChI is InChI=1S/C13H17ClN2O2/c1-18-8-7-16(9-5-6-9)13(17)10-3-2-4-11(14)12(10)15/h2-4,9H,5-8,15H2,1H3. The van der Waals surface area contributed by atoms with E-state index in [1.165, 1.54) is 0 Å². The van der Waals surface area contributed by atoms with E-state index >= 15 is 0 Å². The molecule has 0 atom stereocenters. The Morgan fingerprint density at radius 2 is 2.28 bits per heavy atom. The summed E-state index contributed by atoms with van der Waals surface area (Å²) in [6.07, 6.45) is 2.10. The van der Waals surface area contributed by atoms with E-state index in [1.54, 1.807) is 25.3 Å². The molecule has 0 aliphatic heterocycles. The van der Waals surface area contributed by atoms with Gasteiger partial charge in [0.15, 0.2) is 0 Å². The fraction of sp³-hybridized carbons (Fsp3) is 0.462. The summed E-state index contributed by atoms with van der Waals surface area (Å²) in [6, 6.07) is 5.47. The van der Waals surface area contributed by atoms with Crippen molar-refractivity contribution in [1.82, 2.24) is 4.90 Å². The van der Waals surface area contributed by atoms with Crippen LogP contribution in [0.4, 0.5) is 5.69 Å². The predicted octanol–water partition coefficient (Wildman–Crippen LogP) is 2.17. The minimum absolute atomic E-state index is 0.0606. The lowest BCUT2D eigenvalue weighted by molar-refractivity contribution is 0.0681. The second-order valence-electron chi connectivity index (χ2n) is 4.42. The first kappa shape index (κ1) is 13.2. The summed E-state index contributed by atoms with van der Waals surface area (Å²) in [5, 5.41) is 0.420. The molecular weight excluding hydrogens is 252 g/mol. The highest BCUT2D eigenvalue weighted by Gasteiger charge is 2.33. The Labute approximate surface area is 112 Å². The van der Waals surface area contributed by atoms with Crippen LogP contribution < -0.4 is 5.73 Å². The number of carbonyl (C=O) groups excluding carboxylic acids is 1. The van der Waals surface area contributed by atoms with Crippen molar-refractivity contribution in [1.29, 1.82) is 0 Å². The van der Waals surface area contributed by atoms with Crippen LogP contribution in [0.25, 0.3) is 0 Å². The Balaban J connectivity index is 2.19. The average molecular weight is 269 g/mol. The van der Waals surface area contributed by atoms with E-state index in [0.29, 0.717) is 35.5 Å². The number of ether oxygens (including phenoxy) is 1. The molecule has 1 aliphatic carbocycles. The minimum Gasteiger partial charge on any atom is -0.397 e. The largest absolute Gasteiger partial charge is 0.397 e. The first-order valence-electron chi connectivity index (χ1n) is 5.99. The number of para-hydroxylation sites is 1. The molecule has 1 aliphatic rings. The molecule has 0 unspecified atom stereocenters. The fourth-order valence-electron chi connectivity index (χ4n) is 1.90. The van der Waals surface area contributed by atoms with E-state index in [1.807, 2.05) is 4.90 Å². The summed E-state index contributed by atoms with van der Waals surface area (Å²) in [5.74, 6) is -0.0606. The van der Waals surface area contributed by atoms with E-state index in [-0.39, 0.29) is 5.91 Å². The van der Waals surface area contributed by atoms with Gasteiger partial charge < -0.3 is 15.4 Å². The molecule has 0 aromatic heterocycles. The Hall–Kier alpha value is -1.26. The third-order valence-corrected chi connectivity index (χ3v) is 3.40. The number of nitrogen functional groups attached to an aromatic ring is 1. The van der Waals surface area contributed by atoms with Crippen LogP contribution in [0.5, 0.6) is 0 Å². The van der Waals surface area contributed by atoms with Crippen LogP contribution in [0.3, 0.4) is 0 Å². The van der Waals surface area contributed by atoms with E-state index in [9.17, 15) is 4.79 Å². The van der Waals surface area contributed by atoms with Crippen molar-refractivity contribution in [2.24, 2.45) is 0 Å². The van der Waals surface area contributed by atoms with Crippen LogP contribution in [-0.4, -0.2) is 37.1 Å². The van der Waals surface area contributed by atoms with Gasteiger partial charge in [0.25, 0.3) is 5.91 Å². The van der Waals surface area contributed by atoms with Crippen molar-refractivity contribution in [3.63, 3.8) is 0 Å². The van der Waals surface area contributed by atoms with E-state index < -0.39 is 0 Å². The number of benzene rings is 1. The van der Waals surface area contributed by atoms with E-state index in [0.717, 1.165) is 12.8 Å². The van der Waals surface area contributed by atoms with Gasteiger partial charge in [-0.2, -0.15) is 0 Å². The number of rotatable bonds is 5. The molecule has 1 aromatic rings. The van der Waals surface area contributed by atoms with Crippen molar-refractivity contribution in [2.75, 3.05) is 26.0 Å². The smallest absolute Gasteiger partial charge is 0.256 e.